The van der Waals surface area contributed by atoms with Gasteiger partial charge in [0.05, 0.1) is 16.8 Å². The second kappa shape index (κ2) is 8.13. The van der Waals surface area contributed by atoms with Crippen LogP contribution in [0.15, 0.2) is 77.4 Å². The fraction of sp³-hybridized carbons (Fsp3) is 0.160. The molecule has 2 aliphatic rings. The molecule has 0 atom stereocenters. The molecular formula is C25H21ClN4O2. The number of fused-ring (bicyclic) bond motifs is 1. The smallest absolute Gasteiger partial charge is 0.265 e. The Morgan fingerprint density at radius 3 is 2.69 bits per heavy atom. The van der Waals surface area contributed by atoms with Crippen molar-refractivity contribution < 1.29 is 4.74 Å². The van der Waals surface area contributed by atoms with Crippen molar-refractivity contribution >= 4 is 33.9 Å². The number of rotatable bonds is 5. The van der Waals surface area contributed by atoms with E-state index >= 15 is 0 Å². The first-order valence-corrected chi connectivity index (χ1v) is 10.8. The van der Waals surface area contributed by atoms with Gasteiger partial charge in [0, 0.05) is 47.2 Å². The van der Waals surface area contributed by atoms with Crippen molar-refractivity contribution in [2.45, 2.75) is 18.9 Å². The van der Waals surface area contributed by atoms with Gasteiger partial charge in [0.2, 0.25) is 5.88 Å². The summed E-state index contributed by atoms with van der Waals surface area (Å²) in [5.74, 6) is 0.525. The number of hydrogen-bond acceptors (Lipinski definition) is 5. The third kappa shape index (κ3) is 3.85. The predicted octanol–water partition coefficient (Wildman–Crippen LogP) is 4.79. The predicted molar refractivity (Wildman–Crippen MR) is 128 cm³/mol. The Morgan fingerprint density at radius 2 is 1.97 bits per heavy atom. The van der Waals surface area contributed by atoms with Crippen molar-refractivity contribution in [1.29, 1.82) is 5.41 Å². The SMILES string of the molecule is CN/C=C1/C=C(n2cc3ccc(OC4CC4)nc3c(-c3ccc(Cl)cc3)c2=O)C=CC1=N. The summed E-state index contributed by atoms with van der Waals surface area (Å²) >= 11 is 6.09. The molecular weight excluding hydrogens is 424 g/mol. The number of aromatic nitrogens is 2. The summed E-state index contributed by atoms with van der Waals surface area (Å²) in [5.41, 5.74) is 3.33. The number of halogens is 1. The monoisotopic (exact) mass is 444 g/mol. The Balaban J connectivity index is 1.74. The molecule has 2 heterocycles. The minimum Gasteiger partial charge on any atom is -0.474 e. The minimum absolute atomic E-state index is 0.205. The third-order valence-corrected chi connectivity index (χ3v) is 5.65. The minimum atomic E-state index is -0.205. The van der Waals surface area contributed by atoms with Gasteiger partial charge in [-0.3, -0.25) is 9.36 Å². The summed E-state index contributed by atoms with van der Waals surface area (Å²) in [5, 5.41) is 12.5. The molecule has 0 amide bonds. The number of allylic oxidation sites excluding steroid dienone is 5. The first kappa shape index (κ1) is 20.3. The zero-order chi connectivity index (χ0) is 22.2. The van der Waals surface area contributed by atoms with Crippen molar-refractivity contribution in [1.82, 2.24) is 14.9 Å². The molecule has 5 rings (SSSR count). The van der Waals surface area contributed by atoms with Gasteiger partial charge in [0.1, 0.15) is 6.10 Å². The van der Waals surface area contributed by atoms with Crippen molar-refractivity contribution in [2.24, 2.45) is 0 Å². The van der Waals surface area contributed by atoms with Gasteiger partial charge in [-0.1, -0.05) is 23.7 Å². The highest BCUT2D eigenvalue weighted by Crippen LogP contribution is 2.31. The van der Waals surface area contributed by atoms with Crippen LogP contribution in [0.25, 0.3) is 27.7 Å². The van der Waals surface area contributed by atoms with Crippen LogP contribution in [0, 0.1) is 5.41 Å². The summed E-state index contributed by atoms with van der Waals surface area (Å²) in [7, 11) is 1.78. The molecule has 0 radical (unpaired) electrons. The molecule has 32 heavy (non-hydrogen) atoms. The topological polar surface area (TPSA) is 80.0 Å². The zero-order valence-electron chi connectivity index (χ0n) is 17.4. The van der Waals surface area contributed by atoms with Crippen molar-refractivity contribution in [3.63, 3.8) is 0 Å². The largest absolute Gasteiger partial charge is 0.474 e. The van der Waals surface area contributed by atoms with E-state index in [0.29, 0.717) is 39.0 Å². The van der Waals surface area contributed by atoms with E-state index in [-0.39, 0.29) is 11.7 Å². The fourth-order valence-corrected chi connectivity index (χ4v) is 3.77. The van der Waals surface area contributed by atoms with Gasteiger partial charge in [-0.05, 0) is 54.8 Å². The fourth-order valence-electron chi connectivity index (χ4n) is 3.64. The van der Waals surface area contributed by atoms with E-state index in [2.05, 4.69) is 5.32 Å². The van der Waals surface area contributed by atoms with E-state index in [1.807, 2.05) is 30.3 Å². The van der Waals surface area contributed by atoms with Gasteiger partial charge in [-0.25, -0.2) is 4.98 Å². The summed E-state index contributed by atoms with van der Waals surface area (Å²) in [6, 6.07) is 10.9. The van der Waals surface area contributed by atoms with Crippen LogP contribution in [0.2, 0.25) is 5.02 Å². The van der Waals surface area contributed by atoms with Gasteiger partial charge in [-0.2, -0.15) is 0 Å². The lowest BCUT2D eigenvalue weighted by molar-refractivity contribution is 0.292. The number of ether oxygens (including phenoxy) is 1. The summed E-state index contributed by atoms with van der Waals surface area (Å²) in [6.45, 7) is 0. The maximum atomic E-state index is 13.7. The second-order valence-electron chi connectivity index (χ2n) is 7.80. The van der Waals surface area contributed by atoms with E-state index in [4.69, 9.17) is 26.7 Å². The molecule has 2 aromatic heterocycles. The first-order chi connectivity index (χ1) is 15.5. The van der Waals surface area contributed by atoms with Gasteiger partial charge in [-0.15, -0.1) is 0 Å². The van der Waals surface area contributed by atoms with Crippen LogP contribution in [-0.4, -0.2) is 28.4 Å². The number of nitrogens with one attached hydrogen (secondary N) is 2. The maximum absolute atomic E-state index is 13.7. The van der Waals surface area contributed by atoms with Gasteiger partial charge in [0.25, 0.3) is 5.56 Å². The highest BCUT2D eigenvalue weighted by molar-refractivity contribution is 6.30. The van der Waals surface area contributed by atoms with Gasteiger partial charge < -0.3 is 15.5 Å². The van der Waals surface area contributed by atoms with E-state index < -0.39 is 0 Å². The van der Waals surface area contributed by atoms with Crippen LogP contribution in [0.5, 0.6) is 5.88 Å². The van der Waals surface area contributed by atoms with Crippen LogP contribution < -0.4 is 15.6 Å². The molecule has 2 N–H and O–H groups in total. The van der Waals surface area contributed by atoms with E-state index in [0.717, 1.165) is 23.8 Å². The molecule has 0 unspecified atom stereocenters. The number of nitrogens with zero attached hydrogens (tertiary/aromatic N) is 2. The molecule has 6 nitrogen and oxygen atoms in total. The molecule has 1 fully saturated rings. The van der Waals surface area contributed by atoms with Gasteiger partial charge >= 0.3 is 0 Å². The molecule has 2 aliphatic carbocycles. The molecule has 0 bridgehead atoms. The highest BCUT2D eigenvalue weighted by atomic mass is 35.5. The molecule has 3 aromatic rings. The maximum Gasteiger partial charge on any atom is 0.265 e. The van der Waals surface area contributed by atoms with Crippen molar-refractivity contribution in [3.05, 3.63) is 88.0 Å². The van der Waals surface area contributed by atoms with Crippen LogP contribution in [0.4, 0.5) is 0 Å². The van der Waals surface area contributed by atoms with E-state index in [9.17, 15) is 4.79 Å². The Morgan fingerprint density at radius 1 is 1.19 bits per heavy atom. The summed E-state index contributed by atoms with van der Waals surface area (Å²) in [6.07, 6.45) is 11.1. The standard InChI is InChI=1S/C25H21ClN4O2/c1-28-13-17-12-19(7-10-21(17)27)30-14-16-4-11-22(32-20-8-9-20)29-24(16)23(25(30)31)15-2-5-18(26)6-3-15/h2-7,10-14,20,27-28H,8-9H2,1H3/b17-13-,27-21?. The van der Waals surface area contributed by atoms with Crippen LogP contribution in [0.1, 0.15) is 12.8 Å². The van der Waals surface area contributed by atoms with E-state index in [1.54, 1.807) is 48.3 Å². The Labute approximate surface area is 190 Å². The lowest BCUT2D eigenvalue weighted by Crippen LogP contribution is -2.22. The molecule has 0 aliphatic heterocycles. The van der Waals surface area contributed by atoms with Crippen molar-refractivity contribution in [2.75, 3.05) is 7.05 Å². The summed E-state index contributed by atoms with van der Waals surface area (Å²) < 4.78 is 7.48. The van der Waals surface area contributed by atoms with Gasteiger partial charge in [0.15, 0.2) is 0 Å². The van der Waals surface area contributed by atoms with Crippen molar-refractivity contribution in [3.8, 4) is 17.0 Å². The molecule has 160 valence electrons. The number of hydrogen-bond donors (Lipinski definition) is 2. The molecule has 0 saturated heterocycles. The average molecular weight is 445 g/mol. The average Bonchev–Trinajstić information content (AvgIpc) is 3.60. The van der Waals surface area contributed by atoms with Crippen LogP contribution in [-0.2, 0) is 0 Å². The van der Waals surface area contributed by atoms with E-state index in [1.165, 1.54) is 0 Å². The molecule has 0 spiro atoms. The molecule has 1 saturated carbocycles. The highest BCUT2D eigenvalue weighted by Gasteiger charge is 2.25. The number of benzene rings is 1. The molecule has 7 heteroatoms. The normalized spacial score (nSPS) is 17.0. The van der Waals surface area contributed by atoms with Crippen LogP contribution in [0.3, 0.4) is 0 Å². The Kier molecular flexibility index (Phi) is 5.15. The quantitative estimate of drug-likeness (QED) is 0.592. The lowest BCUT2D eigenvalue weighted by atomic mass is 10.0. The first-order valence-electron chi connectivity index (χ1n) is 10.4. The molecule has 1 aromatic carbocycles. The second-order valence-corrected chi connectivity index (χ2v) is 8.23. The lowest BCUT2D eigenvalue weighted by Gasteiger charge is -2.16. The zero-order valence-corrected chi connectivity index (χ0v) is 18.2. The Hall–Kier alpha value is -3.64. The Bertz CT molecular complexity index is 1380. The summed E-state index contributed by atoms with van der Waals surface area (Å²) in [4.78, 5) is 18.4. The van der Waals surface area contributed by atoms with Crippen LogP contribution >= 0.6 is 11.6 Å². The number of pyridine rings is 2. The third-order valence-electron chi connectivity index (χ3n) is 5.40.